The number of halogens is 1. The zero-order valence-corrected chi connectivity index (χ0v) is 21.7. The number of esters is 1. The molecule has 0 unspecified atom stereocenters. The summed E-state index contributed by atoms with van der Waals surface area (Å²) in [6.45, 7) is 2.15. The number of carbonyl (C=O) groups is 4. The van der Waals surface area contributed by atoms with E-state index in [2.05, 4.69) is 17.6 Å². The van der Waals surface area contributed by atoms with Crippen LogP contribution in [-0.2, 0) is 20.7 Å². The van der Waals surface area contributed by atoms with Crippen molar-refractivity contribution >= 4 is 52.4 Å². The summed E-state index contributed by atoms with van der Waals surface area (Å²) in [5, 5.41) is 5.45. The second-order valence-corrected chi connectivity index (χ2v) is 9.01. The molecule has 0 aromatic heterocycles. The molecule has 9 heteroatoms. The highest BCUT2D eigenvalue weighted by atomic mass is 35.5. The maximum Gasteiger partial charge on any atom is 0.337 e. The number of rotatable bonds is 9. The van der Waals surface area contributed by atoms with Crippen LogP contribution < -0.4 is 15.5 Å². The lowest BCUT2D eigenvalue weighted by atomic mass is 10.1. The molecule has 0 saturated carbocycles. The summed E-state index contributed by atoms with van der Waals surface area (Å²) in [5.74, 6) is -2.28. The monoisotopic (exact) mass is 531 g/mol. The fourth-order valence-electron chi connectivity index (χ4n) is 3.92. The van der Waals surface area contributed by atoms with E-state index in [1.807, 2.05) is 24.3 Å². The molecule has 0 spiro atoms. The summed E-state index contributed by atoms with van der Waals surface area (Å²) in [4.78, 5) is 51.2. The number of amides is 3. The molecule has 0 fully saturated rings. The Morgan fingerprint density at radius 1 is 0.895 bits per heavy atom. The third kappa shape index (κ3) is 5.76. The molecule has 8 nitrogen and oxygen atoms in total. The van der Waals surface area contributed by atoms with Crippen LogP contribution in [0.25, 0.3) is 0 Å². The number of imide groups is 1. The van der Waals surface area contributed by atoms with E-state index in [1.54, 1.807) is 24.3 Å². The van der Waals surface area contributed by atoms with Gasteiger partial charge in [0.15, 0.2) is 0 Å². The summed E-state index contributed by atoms with van der Waals surface area (Å²) in [5.41, 5.74) is 3.05. The van der Waals surface area contributed by atoms with Gasteiger partial charge in [0.2, 0.25) is 0 Å². The number of ether oxygens (including phenoxy) is 1. The predicted octanol–water partition coefficient (Wildman–Crippen LogP) is 5.50. The minimum atomic E-state index is -0.724. The highest BCUT2D eigenvalue weighted by molar-refractivity contribution is 6.53. The first-order valence-corrected chi connectivity index (χ1v) is 12.4. The number of carbonyl (C=O) groups excluding carboxylic acids is 4. The van der Waals surface area contributed by atoms with Gasteiger partial charge in [-0.05, 0) is 73.0 Å². The Morgan fingerprint density at radius 3 is 2.24 bits per heavy atom. The molecule has 3 aromatic carbocycles. The van der Waals surface area contributed by atoms with E-state index in [-0.39, 0.29) is 27.9 Å². The van der Waals surface area contributed by atoms with Crippen LogP contribution in [0.5, 0.6) is 0 Å². The van der Waals surface area contributed by atoms with E-state index >= 15 is 0 Å². The van der Waals surface area contributed by atoms with E-state index in [4.69, 9.17) is 16.3 Å². The van der Waals surface area contributed by atoms with Crippen LogP contribution in [0.1, 0.15) is 46.0 Å². The average Bonchev–Trinajstić information content (AvgIpc) is 3.15. The van der Waals surface area contributed by atoms with Gasteiger partial charge < -0.3 is 15.4 Å². The third-order valence-corrected chi connectivity index (χ3v) is 6.35. The van der Waals surface area contributed by atoms with Crippen molar-refractivity contribution in [2.24, 2.45) is 0 Å². The van der Waals surface area contributed by atoms with Gasteiger partial charge in [-0.3, -0.25) is 14.4 Å². The van der Waals surface area contributed by atoms with Gasteiger partial charge in [0.05, 0.1) is 18.4 Å². The van der Waals surface area contributed by atoms with Crippen molar-refractivity contribution in [3.63, 3.8) is 0 Å². The molecule has 3 aromatic rings. The molecular weight excluding hydrogens is 506 g/mol. The number of aryl methyl sites for hydroxylation is 1. The van der Waals surface area contributed by atoms with Crippen LogP contribution in [0.15, 0.2) is 83.5 Å². The molecule has 2 N–H and O–H groups in total. The minimum Gasteiger partial charge on any atom is -0.465 e. The number of hydrogen-bond donors (Lipinski definition) is 2. The predicted molar refractivity (Wildman–Crippen MR) is 146 cm³/mol. The number of methoxy groups -OCH3 is 1. The summed E-state index contributed by atoms with van der Waals surface area (Å²) in [6, 6.07) is 20.1. The number of nitrogens with one attached hydrogen (secondary N) is 2. The molecule has 1 aliphatic rings. The van der Waals surface area contributed by atoms with Gasteiger partial charge in [0, 0.05) is 16.9 Å². The second kappa shape index (κ2) is 11.7. The van der Waals surface area contributed by atoms with Crippen LogP contribution in [0.2, 0.25) is 0 Å². The minimum absolute atomic E-state index is 0.111. The zero-order valence-electron chi connectivity index (χ0n) is 20.9. The van der Waals surface area contributed by atoms with Gasteiger partial charge in [-0.1, -0.05) is 43.1 Å². The Kier molecular flexibility index (Phi) is 8.23. The summed E-state index contributed by atoms with van der Waals surface area (Å²) < 4.78 is 4.70. The number of benzene rings is 3. The molecule has 0 aliphatic carbocycles. The van der Waals surface area contributed by atoms with Crippen molar-refractivity contribution in [1.82, 2.24) is 0 Å². The van der Waals surface area contributed by atoms with Crippen molar-refractivity contribution in [2.75, 3.05) is 22.6 Å². The van der Waals surface area contributed by atoms with Crippen LogP contribution >= 0.6 is 11.6 Å². The Morgan fingerprint density at radius 2 is 1.58 bits per heavy atom. The molecule has 4 rings (SSSR count). The topological polar surface area (TPSA) is 105 Å². The Labute approximate surface area is 225 Å². The maximum absolute atomic E-state index is 13.1. The van der Waals surface area contributed by atoms with Gasteiger partial charge in [-0.15, -0.1) is 0 Å². The molecular formula is C29H26ClN3O5. The third-order valence-electron chi connectivity index (χ3n) is 6.00. The van der Waals surface area contributed by atoms with Gasteiger partial charge in [0.25, 0.3) is 17.7 Å². The largest absolute Gasteiger partial charge is 0.465 e. The number of unbranched alkanes of at least 4 members (excludes halogenated alkanes) is 1. The molecule has 1 aliphatic heterocycles. The maximum atomic E-state index is 13.1. The number of hydrogen-bond acceptors (Lipinski definition) is 6. The smallest absolute Gasteiger partial charge is 0.337 e. The standard InChI is InChI=1S/C29H26ClN3O5/c1-3-4-6-18-9-13-22(14-10-18)32-26(34)19-11-15-21(16-12-19)31-25-24(30)27(35)33(28(25)36)23-8-5-7-20(17-23)29(37)38-2/h5,7-17,31H,3-4,6H2,1-2H3,(H,32,34). The summed E-state index contributed by atoms with van der Waals surface area (Å²) in [6.07, 6.45) is 3.25. The first-order chi connectivity index (χ1) is 18.3. The van der Waals surface area contributed by atoms with E-state index in [0.29, 0.717) is 16.9 Å². The van der Waals surface area contributed by atoms with Crippen molar-refractivity contribution in [3.8, 4) is 0 Å². The molecule has 194 valence electrons. The van der Waals surface area contributed by atoms with Crippen molar-refractivity contribution in [1.29, 1.82) is 0 Å². The molecule has 0 radical (unpaired) electrons. The van der Waals surface area contributed by atoms with Crippen molar-refractivity contribution in [3.05, 3.63) is 100 Å². The fraction of sp³-hybridized carbons (Fsp3) is 0.172. The Bertz CT molecular complexity index is 1410. The lowest BCUT2D eigenvalue weighted by Crippen LogP contribution is -2.32. The Hall–Kier alpha value is -4.43. The van der Waals surface area contributed by atoms with E-state index in [9.17, 15) is 19.2 Å². The normalized spacial score (nSPS) is 13.1. The zero-order chi connectivity index (χ0) is 27.2. The molecule has 3 amide bonds. The highest BCUT2D eigenvalue weighted by Crippen LogP contribution is 2.30. The SMILES string of the molecule is CCCCc1ccc(NC(=O)c2ccc(NC3=C(Cl)C(=O)N(c4cccc(C(=O)OC)c4)C3=O)cc2)cc1. The highest BCUT2D eigenvalue weighted by Gasteiger charge is 2.39. The van der Waals surface area contributed by atoms with E-state index in [0.717, 1.165) is 24.2 Å². The summed E-state index contributed by atoms with van der Waals surface area (Å²) in [7, 11) is 1.24. The average molecular weight is 532 g/mol. The van der Waals surface area contributed by atoms with Gasteiger partial charge in [-0.25, -0.2) is 9.69 Å². The first-order valence-electron chi connectivity index (χ1n) is 12.1. The second-order valence-electron chi connectivity index (χ2n) is 8.63. The van der Waals surface area contributed by atoms with Crippen LogP contribution in [0.3, 0.4) is 0 Å². The molecule has 1 heterocycles. The number of anilines is 3. The van der Waals surface area contributed by atoms with E-state index in [1.165, 1.54) is 36.9 Å². The van der Waals surface area contributed by atoms with Gasteiger partial charge >= 0.3 is 5.97 Å². The summed E-state index contributed by atoms with van der Waals surface area (Å²) >= 11 is 6.21. The van der Waals surface area contributed by atoms with Gasteiger partial charge in [0.1, 0.15) is 10.7 Å². The quantitative estimate of drug-likeness (QED) is 0.279. The van der Waals surface area contributed by atoms with Crippen LogP contribution in [0.4, 0.5) is 17.1 Å². The molecule has 0 bridgehead atoms. The molecule has 0 atom stereocenters. The molecule has 38 heavy (non-hydrogen) atoms. The Balaban J connectivity index is 1.43. The number of nitrogens with zero attached hydrogens (tertiary/aromatic N) is 1. The lowest BCUT2D eigenvalue weighted by molar-refractivity contribution is -0.120. The van der Waals surface area contributed by atoms with Gasteiger partial charge in [-0.2, -0.15) is 0 Å². The molecule has 0 saturated heterocycles. The van der Waals surface area contributed by atoms with Crippen molar-refractivity contribution in [2.45, 2.75) is 26.2 Å². The van der Waals surface area contributed by atoms with Crippen LogP contribution in [0, 0.1) is 0 Å². The van der Waals surface area contributed by atoms with Crippen molar-refractivity contribution < 1.29 is 23.9 Å². The lowest BCUT2D eigenvalue weighted by Gasteiger charge is -2.16. The first kappa shape index (κ1) is 26.6. The van der Waals surface area contributed by atoms with Crippen LogP contribution in [-0.4, -0.2) is 30.8 Å². The fourth-order valence-corrected chi connectivity index (χ4v) is 4.14. The van der Waals surface area contributed by atoms with E-state index < -0.39 is 17.8 Å².